The minimum atomic E-state index is -3.77. The lowest BCUT2D eigenvalue weighted by Crippen LogP contribution is -2.23. The van der Waals surface area contributed by atoms with Crippen LogP contribution >= 0.6 is 11.6 Å². The highest BCUT2D eigenvalue weighted by molar-refractivity contribution is 7.89. The van der Waals surface area contributed by atoms with Crippen molar-refractivity contribution in [1.29, 1.82) is 0 Å². The summed E-state index contributed by atoms with van der Waals surface area (Å²) in [5.74, 6) is -0.420. The first-order valence-corrected chi connectivity index (χ1v) is 7.19. The molecule has 1 heterocycles. The molecule has 0 bridgehead atoms. The minimum absolute atomic E-state index is 0.0225. The molecule has 0 aliphatic rings. The zero-order valence-electron chi connectivity index (χ0n) is 9.68. The molecule has 1 aromatic carbocycles. The summed E-state index contributed by atoms with van der Waals surface area (Å²) < 4.78 is 39.3. The zero-order valence-corrected chi connectivity index (χ0v) is 11.2. The number of nitrogens with one attached hydrogen (secondary N) is 1. The summed E-state index contributed by atoms with van der Waals surface area (Å²) >= 11 is 5.80. The van der Waals surface area contributed by atoms with E-state index in [1.165, 1.54) is 30.5 Å². The lowest BCUT2D eigenvalue weighted by molar-refractivity contribution is 0.580. The van der Waals surface area contributed by atoms with Crippen molar-refractivity contribution < 1.29 is 12.8 Å². The number of sulfonamides is 1. The Morgan fingerprint density at radius 1 is 1.32 bits per heavy atom. The largest absolute Gasteiger partial charge is 0.263 e. The molecule has 0 unspecified atom stereocenters. The highest BCUT2D eigenvalue weighted by Crippen LogP contribution is 2.19. The predicted octanol–water partition coefficient (Wildman–Crippen LogP) is 2.35. The van der Waals surface area contributed by atoms with Gasteiger partial charge in [0.15, 0.2) is 0 Å². The monoisotopic (exact) mass is 300 g/mol. The summed E-state index contributed by atoms with van der Waals surface area (Å²) in [4.78, 5) is 3.61. The molecule has 0 saturated carbocycles. The van der Waals surface area contributed by atoms with Gasteiger partial charge >= 0.3 is 0 Å². The molecule has 1 aromatic heterocycles. The normalized spacial score (nSPS) is 11.5. The molecule has 100 valence electrons. The van der Waals surface area contributed by atoms with Gasteiger partial charge in [-0.3, -0.25) is 4.98 Å². The third-order valence-corrected chi connectivity index (χ3v) is 4.25. The highest BCUT2D eigenvalue weighted by Gasteiger charge is 2.17. The van der Waals surface area contributed by atoms with Gasteiger partial charge in [0.05, 0.1) is 5.02 Å². The van der Waals surface area contributed by atoms with Crippen LogP contribution in [0.25, 0.3) is 0 Å². The van der Waals surface area contributed by atoms with Crippen LogP contribution in [0, 0.1) is 5.82 Å². The summed E-state index contributed by atoms with van der Waals surface area (Å²) in [6.07, 6.45) is 2.56. The van der Waals surface area contributed by atoms with Crippen LogP contribution in [0.3, 0.4) is 0 Å². The van der Waals surface area contributed by atoms with E-state index in [1.54, 1.807) is 6.07 Å². The molecule has 0 atom stereocenters. The number of nitrogens with zero attached hydrogens (tertiary/aromatic N) is 1. The second kappa shape index (κ2) is 5.64. The van der Waals surface area contributed by atoms with Crippen molar-refractivity contribution in [3.05, 3.63) is 59.1 Å². The molecule has 19 heavy (non-hydrogen) atoms. The molecule has 2 aromatic rings. The minimum Gasteiger partial charge on any atom is -0.263 e. The predicted molar refractivity (Wildman–Crippen MR) is 69.7 cm³/mol. The van der Waals surface area contributed by atoms with Gasteiger partial charge in [0.1, 0.15) is 10.7 Å². The van der Waals surface area contributed by atoms with Gasteiger partial charge in [-0.05, 0) is 23.8 Å². The van der Waals surface area contributed by atoms with Crippen molar-refractivity contribution in [3.8, 4) is 0 Å². The number of benzene rings is 1. The molecule has 0 radical (unpaired) electrons. The first-order chi connectivity index (χ1) is 8.99. The summed E-state index contributed by atoms with van der Waals surface area (Å²) in [6.45, 7) is -0.0225. The number of hydrogen-bond acceptors (Lipinski definition) is 3. The fourth-order valence-electron chi connectivity index (χ4n) is 1.46. The lowest BCUT2D eigenvalue weighted by atomic mass is 10.2. The van der Waals surface area contributed by atoms with Crippen LogP contribution in [0.1, 0.15) is 5.56 Å². The summed E-state index contributed by atoms with van der Waals surface area (Å²) in [5, 5.41) is 0.0849. The smallest absolute Gasteiger partial charge is 0.243 e. The molecule has 7 heteroatoms. The average molecular weight is 301 g/mol. The molecule has 1 N–H and O–H groups in total. The van der Waals surface area contributed by atoms with Crippen LogP contribution in [0.5, 0.6) is 0 Å². The topological polar surface area (TPSA) is 59.1 Å². The average Bonchev–Trinajstić information content (AvgIpc) is 2.37. The lowest BCUT2D eigenvalue weighted by Gasteiger charge is -2.07. The van der Waals surface area contributed by atoms with E-state index in [-0.39, 0.29) is 16.5 Å². The van der Waals surface area contributed by atoms with E-state index in [0.29, 0.717) is 5.56 Å². The number of pyridine rings is 1. The van der Waals surface area contributed by atoms with Crippen molar-refractivity contribution in [3.63, 3.8) is 0 Å². The molecule has 2 rings (SSSR count). The zero-order chi connectivity index (χ0) is 13.9. The molecule has 0 spiro atoms. The Morgan fingerprint density at radius 3 is 2.79 bits per heavy atom. The van der Waals surface area contributed by atoms with Crippen LogP contribution in [-0.4, -0.2) is 13.4 Å². The SMILES string of the molecule is O=S(=O)(NCc1cccc(F)c1)c1cnccc1Cl. The van der Waals surface area contributed by atoms with Gasteiger partial charge < -0.3 is 0 Å². The van der Waals surface area contributed by atoms with E-state index in [2.05, 4.69) is 9.71 Å². The maximum atomic E-state index is 13.0. The summed E-state index contributed by atoms with van der Waals surface area (Å²) in [5.41, 5.74) is 0.517. The number of aromatic nitrogens is 1. The van der Waals surface area contributed by atoms with Crippen molar-refractivity contribution in [2.45, 2.75) is 11.4 Å². The molecule has 0 aliphatic heterocycles. The Bertz CT molecular complexity index is 692. The van der Waals surface area contributed by atoms with Crippen molar-refractivity contribution in [2.75, 3.05) is 0 Å². The van der Waals surface area contributed by atoms with Crippen molar-refractivity contribution >= 4 is 21.6 Å². The number of hydrogen-bond donors (Lipinski definition) is 1. The van der Waals surface area contributed by atoms with Crippen LogP contribution in [0.15, 0.2) is 47.6 Å². The number of rotatable bonds is 4. The van der Waals surface area contributed by atoms with Gasteiger partial charge in [0.25, 0.3) is 0 Å². The third kappa shape index (κ3) is 3.50. The van der Waals surface area contributed by atoms with Gasteiger partial charge in [-0.15, -0.1) is 0 Å². The van der Waals surface area contributed by atoms with Crippen LogP contribution < -0.4 is 4.72 Å². The second-order valence-electron chi connectivity index (χ2n) is 3.76. The van der Waals surface area contributed by atoms with E-state index in [0.717, 1.165) is 6.20 Å². The van der Waals surface area contributed by atoms with Crippen LogP contribution in [0.2, 0.25) is 5.02 Å². The van der Waals surface area contributed by atoms with Gasteiger partial charge in [-0.25, -0.2) is 17.5 Å². The summed E-state index contributed by atoms with van der Waals surface area (Å²) in [6, 6.07) is 7.06. The Balaban J connectivity index is 2.17. The fourth-order valence-corrected chi connectivity index (χ4v) is 2.91. The first-order valence-electron chi connectivity index (χ1n) is 5.33. The third-order valence-electron chi connectivity index (χ3n) is 2.38. The Kier molecular flexibility index (Phi) is 4.14. The van der Waals surface area contributed by atoms with E-state index in [1.807, 2.05) is 0 Å². The Morgan fingerprint density at radius 2 is 2.11 bits per heavy atom. The van der Waals surface area contributed by atoms with E-state index < -0.39 is 15.8 Å². The van der Waals surface area contributed by atoms with Gasteiger partial charge in [-0.1, -0.05) is 23.7 Å². The van der Waals surface area contributed by atoms with E-state index >= 15 is 0 Å². The second-order valence-corrected chi connectivity index (χ2v) is 5.90. The van der Waals surface area contributed by atoms with Gasteiger partial charge in [-0.2, -0.15) is 0 Å². The van der Waals surface area contributed by atoms with Crippen molar-refractivity contribution in [1.82, 2.24) is 9.71 Å². The molecule has 4 nitrogen and oxygen atoms in total. The highest BCUT2D eigenvalue weighted by atomic mass is 35.5. The molecular formula is C12H10ClFN2O2S. The molecule has 0 aliphatic carbocycles. The standard InChI is InChI=1S/C12H10ClFN2O2S/c13-11-4-5-15-8-12(11)19(17,18)16-7-9-2-1-3-10(14)6-9/h1-6,8,16H,7H2. The van der Waals surface area contributed by atoms with Gasteiger partial charge in [0, 0.05) is 18.9 Å². The molecule has 0 fully saturated rings. The first kappa shape index (κ1) is 13.9. The fraction of sp³-hybridized carbons (Fsp3) is 0.0833. The van der Waals surface area contributed by atoms with Crippen molar-refractivity contribution in [2.24, 2.45) is 0 Å². The quantitative estimate of drug-likeness (QED) is 0.943. The Hall–Kier alpha value is -1.50. The number of halogens is 2. The molecular weight excluding hydrogens is 291 g/mol. The van der Waals surface area contributed by atoms with E-state index in [9.17, 15) is 12.8 Å². The van der Waals surface area contributed by atoms with Crippen LogP contribution in [0.4, 0.5) is 4.39 Å². The summed E-state index contributed by atoms with van der Waals surface area (Å²) in [7, 11) is -3.77. The van der Waals surface area contributed by atoms with Crippen LogP contribution in [-0.2, 0) is 16.6 Å². The molecule has 0 amide bonds. The Labute approximate surface area is 115 Å². The molecule has 0 saturated heterocycles. The van der Waals surface area contributed by atoms with E-state index in [4.69, 9.17) is 11.6 Å². The maximum Gasteiger partial charge on any atom is 0.243 e. The maximum absolute atomic E-state index is 13.0. The van der Waals surface area contributed by atoms with Gasteiger partial charge in [0.2, 0.25) is 10.0 Å².